The summed E-state index contributed by atoms with van der Waals surface area (Å²) in [4.78, 5) is 13.8. The number of nitrogen functional groups attached to an aromatic ring is 1. The zero-order valence-electron chi connectivity index (χ0n) is 11.9. The van der Waals surface area contributed by atoms with Gasteiger partial charge in [0, 0.05) is 29.8 Å². The molecule has 0 spiro atoms. The van der Waals surface area contributed by atoms with Gasteiger partial charge in [-0.05, 0) is 24.3 Å². The number of methoxy groups -OCH3 is 1. The molecule has 0 saturated heterocycles. The number of carbonyl (C=O) groups excluding carboxylic acids is 1. The molecule has 1 amide bonds. The summed E-state index contributed by atoms with van der Waals surface area (Å²) in [6.07, 6.45) is 1.68. The van der Waals surface area contributed by atoms with E-state index in [1.807, 2.05) is 18.2 Å². The molecule has 0 fully saturated rings. The highest BCUT2D eigenvalue weighted by molar-refractivity contribution is 9.10. The molecule has 0 aliphatic carbocycles. The summed E-state index contributed by atoms with van der Waals surface area (Å²) in [5.41, 5.74) is 6.46. The van der Waals surface area contributed by atoms with Gasteiger partial charge < -0.3 is 15.4 Å². The number of hydrogen-bond donors (Lipinski definition) is 1. The topological polar surface area (TPSA) is 73.4 Å². The van der Waals surface area contributed by atoms with Crippen LogP contribution in [0.3, 0.4) is 0 Å². The highest BCUT2D eigenvalue weighted by atomic mass is 79.9. The minimum atomic E-state index is -0.0554. The lowest BCUT2D eigenvalue weighted by molar-refractivity contribution is -0.131. The van der Waals surface area contributed by atoms with Crippen molar-refractivity contribution in [3.8, 4) is 5.75 Å². The molecule has 0 saturated carbocycles. The van der Waals surface area contributed by atoms with E-state index >= 15 is 0 Å². The Labute approximate surface area is 131 Å². The van der Waals surface area contributed by atoms with Crippen LogP contribution in [0, 0.1) is 0 Å². The maximum absolute atomic E-state index is 12.2. The Hall–Kier alpha value is -2.02. The van der Waals surface area contributed by atoms with Crippen molar-refractivity contribution >= 4 is 27.7 Å². The van der Waals surface area contributed by atoms with Crippen molar-refractivity contribution < 1.29 is 9.53 Å². The van der Waals surface area contributed by atoms with Crippen LogP contribution in [0.15, 0.2) is 34.9 Å². The first-order valence-electron chi connectivity index (χ1n) is 6.35. The standard InChI is InChI=1S/C14H17BrN4O2/c1-18(14(20)9-19-6-5-13(16)17-19)8-10-7-11(15)3-4-12(10)21-2/h3-7H,8-9H2,1-2H3,(H2,16,17). The van der Waals surface area contributed by atoms with E-state index in [0.717, 1.165) is 15.8 Å². The minimum absolute atomic E-state index is 0.0554. The number of ether oxygens (including phenoxy) is 1. The van der Waals surface area contributed by atoms with Gasteiger partial charge in [-0.15, -0.1) is 0 Å². The Bertz CT molecular complexity index is 642. The quantitative estimate of drug-likeness (QED) is 0.891. The van der Waals surface area contributed by atoms with Crippen LogP contribution in [0.2, 0.25) is 0 Å². The third-order valence-corrected chi connectivity index (χ3v) is 3.53. The average molecular weight is 353 g/mol. The molecule has 0 atom stereocenters. The third-order valence-electron chi connectivity index (χ3n) is 3.03. The van der Waals surface area contributed by atoms with E-state index in [4.69, 9.17) is 10.5 Å². The molecule has 1 heterocycles. The second-order valence-corrected chi connectivity index (χ2v) is 5.56. The number of amides is 1. The van der Waals surface area contributed by atoms with E-state index < -0.39 is 0 Å². The predicted molar refractivity (Wildman–Crippen MR) is 83.8 cm³/mol. The van der Waals surface area contributed by atoms with Crippen molar-refractivity contribution in [1.29, 1.82) is 0 Å². The second kappa shape index (κ2) is 6.62. The van der Waals surface area contributed by atoms with Gasteiger partial charge in [-0.1, -0.05) is 15.9 Å². The Morgan fingerprint density at radius 2 is 2.24 bits per heavy atom. The first-order valence-corrected chi connectivity index (χ1v) is 7.14. The number of likely N-dealkylation sites (N-methyl/N-ethyl adjacent to an activating group) is 1. The summed E-state index contributed by atoms with van der Waals surface area (Å²) >= 11 is 3.42. The van der Waals surface area contributed by atoms with Crippen molar-refractivity contribution in [3.05, 3.63) is 40.5 Å². The molecule has 1 aromatic carbocycles. The largest absolute Gasteiger partial charge is 0.496 e. The summed E-state index contributed by atoms with van der Waals surface area (Å²) < 4.78 is 7.77. The van der Waals surface area contributed by atoms with Crippen LogP contribution in [0.4, 0.5) is 5.82 Å². The average Bonchev–Trinajstić information content (AvgIpc) is 2.84. The van der Waals surface area contributed by atoms with Crippen molar-refractivity contribution in [1.82, 2.24) is 14.7 Å². The third kappa shape index (κ3) is 3.98. The molecule has 1 aromatic heterocycles. The highest BCUT2D eigenvalue weighted by Gasteiger charge is 2.13. The van der Waals surface area contributed by atoms with Crippen LogP contribution in [0.5, 0.6) is 5.75 Å². The summed E-state index contributed by atoms with van der Waals surface area (Å²) in [7, 11) is 3.36. The Morgan fingerprint density at radius 1 is 1.48 bits per heavy atom. The van der Waals surface area contributed by atoms with Gasteiger partial charge >= 0.3 is 0 Å². The maximum Gasteiger partial charge on any atom is 0.244 e. The van der Waals surface area contributed by atoms with Gasteiger partial charge in [0.25, 0.3) is 0 Å². The van der Waals surface area contributed by atoms with Crippen LogP contribution in [0.1, 0.15) is 5.56 Å². The maximum atomic E-state index is 12.2. The summed E-state index contributed by atoms with van der Waals surface area (Å²) in [5.74, 6) is 1.10. The van der Waals surface area contributed by atoms with E-state index in [0.29, 0.717) is 12.4 Å². The summed E-state index contributed by atoms with van der Waals surface area (Å²) in [5, 5.41) is 4.00. The van der Waals surface area contributed by atoms with E-state index in [9.17, 15) is 4.79 Å². The molecule has 2 aromatic rings. The zero-order valence-corrected chi connectivity index (χ0v) is 13.5. The number of carbonyl (C=O) groups is 1. The predicted octanol–water partition coefficient (Wildman–Crippen LogP) is 1.89. The molecule has 21 heavy (non-hydrogen) atoms. The second-order valence-electron chi connectivity index (χ2n) is 4.64. The van der Waals surface area contributed by atoms with Gasteiger partial charge in [0.2, 0.25) is 5.91 Å². The van der Waals surface area contributed by atoms with E-state index in [-0.39, 0.29) is 12.5 Å². The number of aromatic nitrogens is 2. The van der Waals surface area contributed by atoms with Gasteiger partial charge in [-0.3, -0.25) is 9.48 Å². The number of nitrogens with zero attached hydrogens (tertiary/aromatic N) is 3. The van der Waals surface area contributed by atoms with Crippen LogP contribution in [-0.2, 0) is 17.9 Å². The van der Waals surface area contributed by atoms with E-state index in [1.54, 1.807) is 31.3 Å². The fourth-order valence-electron chi connectivity index (χ4n) is 1.94. The number of rotatable bonds is 5. The Balaban J connectivity index is 2.05. The molecular formula is C14H17BrN4O2. The van der Waals surface area contributed by atoms with Crippen LogP contribution >= 0.6 is 15.9 Å². The first-order chi connectivity index (χ1) is 9.99. The molecule has 2 rings (SSSR count). The SMILES string of the molecule is COc1ccc(Br)cc1CN(C)C(=O)Cn1ccc(N)n1. The molecular weight excluding hydrogens is 336 g/mol. The number of nitrogens with two attached hydrogens (primary N) is 1. The van der Waals surface area contributed by atoms with Crippen molar-refractivity contribution in [2.24, 2.45) is 0 Å². The van der Waals surface area contributed by atoms with Crippen molar-refractivity contribution in [2.75, 3.05) is 19.9 Å². The molecule has 7 heteroatoms. The molecule has 0 radical (unpaired) electrons. The highest BCUT2D eigenvalue weighted by Crippen LogP contribution is 2.24. The van der Waals surface area contributed by atoms with E-state index in [2.05, 4.69) is 21.0 Å². The fraction of sp³-hybridized carbons (Fsp3) is 0.286. The molecule has 6 nitrogen and oxygen atoms in total. The minimum Gasteiger partial charge on any atom is -0.496 e. The molecule has 0 unspecified atom stereocenters. The summed E-state index contributed by atoms with van der Waals surface area (Å²) in [6, 6.07) is 7.36. The number of hydrogen-bond acceptors (Lipinski definition) is 4. The van der Waals surface area contributed by atoms with Gasteiger partial charge in [-0.25, -0.2) is 0 Å². The van der Waals surface area contributed by atoms with Crippen molar-refractivity contribution in [3.63, 3.8) is 0 Å². The fourth-order valence-corrected chi connectivity index (χ4v) is 2.35. The zero-order chi connectivity index (χ0) is 15.4. The van der Waals surface area contributed by atoms with Gasteiger partial charge in [0.05, 0.1) is 7.11 Å². The number of halogens is 1. The van der Waals surface area contributed by atoms with E-state index in [1.165, 1.54) is 4.68 Å². The Kier molecular flexibility index (Phi) is 4.85. The Morgan fingerprint density at radius 3 is 2.86 bits per heavy atom. The molecule has 112 valence electrons. The molecule has 0 aliphatic heterocycles. The lowest BCUT2D eigenvalue weighted by atomic mass is 10.2. The van der Waals surface area contributed by atoms with Crippen molar-refractivity contribution in [2.45, 2.75) is 13.1 Å². The smallest absolute Gasteiger partial charge is 0.244 e. The molecule has 0 aliphatic rings. The van der Waals surface area contributed by atoms with Crippen LogP contribution in [0.25, 0.3) is 0 Å². The summed E-state index contributed by atoms with van der Waals surface area (Å²) in [6.45, 7) is 0.613. The normalized spacial score (nSPS) is 10.4. The molecule has 0 bridgehead atoms. The van der Waals surface area contributed by atoms with Gasteiger partial charge in [0.15, 0.2) is 0 Å². The number of benzene rings is 1. The lowest BCUT2D eigenvalue weighted by Crippen LogP contribution is -2.30. The lowest BCUT2D eigenvalue weighted by Gasteiger charge is -2.19. The van der Waals surface area contributed by atoms with Crippen LogP contribution < -0.4 is 10.5 Å². The monoisotopic (exact) mass is 352 g/mol. The number of anilines is 1. The first kappa shape index (κ1) is 15.4. The van der Waals surface area contributed by atoms with Gasteiger partial charge in [-0.2, -0.15) is 5.10 Å². The van der Waals surface area contributed by atoms with Gasteiger partial charge in [0.1, 0.15) is 18.1 Å². The van der Waals surface area contributed by atoms with Crippen LogP contribution in [-0.4, -0.2) is 34.7 Å². The molecule has 2 N–H and O–H groups in total.